The van der Waals surface area contributed by atoms with Crippen LogP contribution in [-0.4, -0.2) is 14.8 Å². The van der Waals surface area contributed by atoms with Gasteiger partial charge in [0.2, 0.25) is 0 Å². The van der Waals surface area contributed by atoms with Crippen LogP contribution in [0.5, 0.6) is 0 Å². The molecule has 2 heterocycles. The molecule has 1 aliphatic carbocycles. The first-order valence-corrected chi connectivity index (χ1v) is 7.46. The Morgan fingerprint density at radius 2 is 2.05 bits per heavy atom. The zero-order valence-corrected chi connectivity index (χ0v) is 12.2. The van der Waals surface area contributed by atoms with Crippen LogP contribution in [0, 0.1) is 4.77 Å². The van der Waals surface area contributed by atoms with Crippen LogP contribution in [0.15, 0.2) is 53.1 Å². The van der Waals surface area contributed by atoms with E-state index in [4.69, 9.17) is 16.6 Å². The number of furan rings is 1. The summed E-state index contributed by atoms with van der Waals surface area (Å²) in [5.74, 6) is 2.91. The number of nitrogens with one attached hydrogen (secondary N) is 1. The maximum atomic E-state index is 5.42. The number of aromatic amines is 1. The molecule has 0 amide bonds. The summed E-state index contributed by atoms with van der Waals surface area (Å²) >= 11 is 5.35. The molecule has 106 valence electrons. The van der Waals surface area contributed by atoms with Crippen molar-refractivity contribution in [2.24, 2.45) is 0 Å². The average Bonchev–Trinajstić information content (AvgIpc) is 2.97. The van der Waals surface area contributed by atoms with Gasteiger partial charge in [-0.15, -0.1) is 0 Å². The Balaban J connectivity index is 1.61. The van der Waals surface area contributed by atoms with Crippen LogP contribution in [0.3, 0.4) is 0 Å². The lowest BCUT2D eigenvalue weighted by molar-refractivity contribution is 0.487. The van der Waals surface area contributed by atoms with E-state index in [0.29, 0.717) is 23.2 Å². The van der Waals surface area contributed by atoms with Gasteiger partial charge in [0.15, 0.2) is 4.77 Å². The van der Waals surface area contributed by atoms with E-state index >= 15 is 0 Å². The van der Waals surface area contributed by atoms with Crippen molar-refractivity contribution in [2.75, 3.05) is 0 Å². The maximum absolute atomic E-state index is 5.42. The molecule has 0 bridgehead atoms. The number of nitrogens with zero attached hydrogens (tertiary/aromatic N) is 2. The van der Waals surface area contributed by atoms with E-state index in [1.54, 1.807) is 6.26 Å². The van der Waals surface area contributed by atoms with Crippen LogP contribution in [0.2, 0.25) is 0 Å². The fraction of sp³-hybridized carbons (Fsp3) is 0.250. The molecule has 1 saturated carbocycles. The molecule has 0 spiro atoms. The van der Waals surface area contributed by atoms with Crippen molar-refractivity contribution in [1.82, 2.24) is 14.8 Å². The Labute approximate surface area is 127 Å². The molecule has 0 unspecified atom stereocenters. The van der Waals surface area contributed by atoms with Gasteiger partial charge in [-0.25, -0.2) is 0 Å². The third kappa shape index (κ3) is 2.34. The van der Waals surface area contributed by atoms with E-state index in [1.807, 2.05) is 22.8 Å². The molecule has 21 heavy (non-hydrogen) atoms. The minimum absolute atomic E-state index is 0.440. The van der Waals surface area contributed by atoms with Gasteiger partial charge >= 0.3 is 0 Å². The lowest BCUT2D eigenvalue weighted by Crippen LogP contribution is -2.04. The minimum Gasteiger partial charge on any atom is -0.467 e. The lowest BCUT2D eigenvalue weighted by atomic mass is 10.1. The number of rotatable bonds is 4. The highest BCUT2D eigenvalue weighted by molar-refractivity contribution is 7.71. The highest BCUT2D eigenvalue weighted by Gasteiger charge is 2.42. The van der Waals surface area contributed by atoms with Gasteiger partial charge in [-0.3, -0.25) is 9.67 Å². The Morgan fingerprint density at radius 3 is 2.81 bits per heavy atom. The van der Waals surface area contributed by atoms with Crippen molar-refractivity contribution in [3.8, 4) is 0 Å². The second kappa shape index (κ2) is 5.00. The van der Waals surface area contributed by atoms with E-state index in [1.165, 1.54) is 5.56 Å². The van der Waals surface area contributed by atoms with Gasteiger partial charge in [-0.05, 0) is 42.3 Å². The highest BCUT2D eigenvalue weighted by Crippen LogP contribution is 2.53. The highest BCUT2D eigenvalue weighted by atomic mass is 32.1. The smallest absolute Gasteiger partial charge is 0.195 e. The summed E-state index contributed by atoms with van der Waals surface area (Å²) in [6.07, 6.45) is 2.81. The summed E-state index contributed by atoms with van der Waals surface area (Å²) in [4.78, 5) is 0. The van der Waals surface area contributed by atoms with E-state index in [2.05, 4.69) is 34.5 Å². The normalized spacial score (nSPS) is 20.6. The Hall–Kier alpha value is -2.14. The van der Waals surface area contributed by atoms with Gasteiger partial charge in [0.1, 0.15) is 11.6 Å². The molecule has 1 N–H and O–H groups in total. The molecule has 0 saturated heterocycles. The zero-order valence-electron chi connectivity index (χ0n) is 11.4. The number of H-pyrrole nitrogens is 1. The minimum atomic E-state index is 0.440. The van der Waals surface area contributed by atoms with Crippen molar-refractivity contribution in [2.45, 2.75) is 24.8 Å². The van der Waals surface area contributed by atoms with E-state index in [-0.39, 0.29) is 0 Å². The molecule has 4 rings (SSSR count). The van der Waals surface area contributed by atoms with Gasteiger partial charge in [-0.2, -0.15) is 5.10 Å². The molecule has 1 aliphatic rings. The van der Waals surface area contributed by atoms with Crippen molar-refractivity contribution < 1.29 is 4.42 Å². The third-order valence-electron chi connectivity index (χ3n) is 4.03. The van der Waals surface area contributed by atoms with Gasteiger partial charge in [0.05, 0.1) is 12.8 Å². The Morgan fingerprint density at radius 1 is 1.19 bits per heavy atom. The largest absolute Gasteiger partial charge is 0.467 e. The quantitative estimate of drug-likeness (QED) is 0.744. The van der Waals surface area contributed by atoms with Gasteiger partial charge < -0.3 is 4.42 Å². The molecule has 0 aliphatic heterocycles. The molecule has 1 fully saturated rings. The lowest BCUT2D eigenvalue weighted by Gasteiger charge is -2.05. The third-order valence-corrected chi connectivity index (χ3v) is 4.34. The molecule has 1 aromatic carbocycles. The summed E-state index contributed by atoms with van der Waals surface area (Å²) in [6.45, 7) is 0.635. The Bertz CT molecular complexity index is 789. The second-order valence-corrected chi connectivity index (χ2v) is 5.80. The first-order chi connectivity index (χ1) is 10.3. The first-order valence-electron chi connectivity index (χ1n) is 7.05. The molecule has 2 atom stereocenters. The van der Waals surface area contributed by atoms with Crippen LogP contribution in [0.1, 0.15) is 35.4 Å². The van der Waals surface area contributed by atoms with Gasteiger partial charge in [0.25, 0.3) is 0 Å². The van der Waals surface area contributed by atoms with Crippen LogP contribution < -0.4 is 0 Å². The fourth-order valence-corrected chi connectivity index (χ4v) is 3.08. The predicted molar refractivity (Wildman–Crippen MR) is 81.8 cm³/mol. The number of hydrogen-bond donors (Lipinski definition) is 1. The summed E-state index contributed by atoms with van der Waals surface area (Å²) in [5, 5.41) is 7.36. The standard InChI is InChI=1S/C16H15N3OS/c21-16-18-17-15(19(16)10-12-7-4-8-20-12)14-9-13(14)11-5-2-1-3-6-11/h1-8,13-14H,9-10H2,(H,18,21)/t13-,14-/m0/s1. The second-order valence-electron chi connectivity index (χ2n) is 5.41. The van der Waals surface area contributed by atoms with Crippen LogP contribution in [-0.2, 0) is 6.54 Å². The number of aromatic nitrogens is 3. The van der Waals surface area contributed by atoms with E-state index in [9.17, 15) is 0 Å². The van der Waals surface area contributed by atoms with Crippen molar-refractivity contribution >= 4 is 12.2 Å². The van der Waals surface area contributed by atoms with Gasteiger partial charge in [0, 0.05) is 5.92 Å². The van der Waals surface area contributed by atoms with Crippen LogP contribution >= 0.6 is 12.2 Å². The Kier molecular flexibility index (Phi) is 3.00. The molecular formula is C16H15N3OS. The van der Waals surface area contributed by atoms with E-state index in [0.717, 1.165) is 18.0 Å². The van der Waals surface area contributed by atoms with Crippen molar-refractivity contribution in [1.29, 1.82) is 0 Å². The zero-order chi connectivity index (χ0) is 14.2. The molecule has 2 aromatic heterocycles. The summed E-state index contributed by atoms with van der Waals surface area (Å²) < 4.78 is 8.12. The van der Waals surface area contributed by atoms with Gasteiger partial charge in [-0.1, -0.05) is 30.3 Å². The van der Waals surface area contributed by atoms with Crippen LogP contribution in [0.25, 0.3) is 0 Å². The summed E-state index contributed by atoms with van der Waals surface area (Å²) in [7, 11) is 0. The summed E-state index contributed by atoms with van der Waals surface area (Å²) in [6, 6.07) is 14.4. The first kappa shape index (κ1) is 12.6. The summed E-state index contributed by atoms with van der Waals surface area (Å²) in [5.41, 5.74) is 1.38. The SMILES string of the molecule is S=c1[nH]nc([C@H]2C[C@H]2c2ccccc2)n1Cc1ccco1. The van der Waals surface area contributed by atoms with Crippen molar-refractivity contribution in [3.05, 3.63) is 70.6 Å². The molecule has 0 radical (unpaired) electrons. The molecule has 3 aromatic rings. The molecule has 5 heteroatoms. The maximum Gasteiger partial charge on any atom is 0.195 e. The topological polar surface area (TPSA) is 46.8 Å². The molecular weight excluding hydrogens is 282 g/mol. The number of benzene rings is 1. The predicted octanol–water partition coefficient (Wildman–Crippen LogP) is 3.85. The fourth-order valence-electron chi connectivity index (χ4n) is 2.87. The van der Waals surface area contributed by atoms with Crippen LogP contribution in [0.4, 0.5) is 0 Å². The van der Waals surface area contributed by atoms with Crippen molar-refractivity contribution in [3.63, 3.8) is 0 Å². The molecule has 4 nitrogen and oxygen atoms in total. The average molecular weight is 297 g/mol. The number of hydrogen-bond acceptors (Lipinski definition) is 3. The van der Waals surface area contributed by atoms with E-state index < -0.39 is 0 Å². The monoisotopic (exact) mass is 297 g/mol.